The first kappa shape index (κ1) is 9.17. The van der Waals surface area contributed by atoms with E-state index in [1.54, 1.807) is 0 Å². The van der Waals surface area contributed by atoms with E-state index in [1.165, 1.54) is 14.1 Å². The molecule has 0 aromatic carbocycles. The maximum atomic E-state index is 11.2. The van der Waals surface area contributed by atoms with Crippen LogP contribution in [0.15, 0.2) is 14.8 Å². The van der Waals surface area contributed by atoms with Crippen LogP contribution >= 0.6 is 0 Å². The third-order valence-electron chi connectivity index (χ3n) is 1.78. The van der Waals surface area contributed by atoms with Crippen molar-refractivity contribution in [1.29, 1.82) is 0 Å². The predicted molar refractivity (Wildman–Crippen MR) is 46.8 cm³/mol. The fourth-order valence-electron chi connectivity index (χ4n) is 0.928. The Bertz CT molecular complexity index is 470. The number of nitrogen functional groups attached to an aromatic ring is 1. The van der Waals surface area contributed by atoms with Gasteiger partial charge in [-0.3, -0.25) is 13.9 Å². The number of nitrogens with zero attached hydrogens (tertiary/aromatic N) is 3. The summed E-state index contributed by atoms with van der Waals surface area (Å²) >= 11 is 0. The molecule has 1 aromatic rings. The number of nitrogens with two attached hydrogens (primary N) is 1. The molecule has 0 saturated heterocycles. The van der Waals surface area contributed by atoms with Gasteiger partial charge in [0.1, 0.15) is 5.82 Å². The Morgan fingerprint density at radius 2 is 1.77 bits per heavy atom. The Morgan fingerprint density at radius 1 is 1.23 bits per heavy atom. The van der Waals surface area contributed by atoms with Crippen LogP contribution < -0.4 is 17.0 Å². The quantitative estimate of drug-likeness (QED) is 0.451. The molecule has 0 atom stereocenters. The number of hydrogen-bond acceptors (Lipinski definition) is 5. The molecule has 0 aliphatic rings. The van der Waals surface area contributed by atoms with E-state index in [9.17, 15) is 14.5 Å². The van der Waals surface area contributed by atoms with Gasteiger partial charge in [0.05, 0.1) is 0 Å². The van der Waals surface area contributed by atoms with Crippen LogP contribution in [0.2, 0.25) is 0 Å². The summed E-state index contributed by atoms with van der Waals surface area (Å²) in [5, 5.41) is 2.46. The Kier molecular flexibility index (Phi) is 2.01. The first-order valence-electron chi connectivity index (χ1n) is 3.39. The van der Waals surface area contributed by atoms with E-state index in [1.807, 2.05) is 0 Å². The van der Waals surface area contributed by atoms with Gasteiger partial charge in [-0.05, 0) is 5.18 Å². The molecule has 0 unspecified atom stereocenters. The first-order chi connectivity index (χ1) is 6.00. The molecule has 70 valence electrons. The molecule has 7 heteroatoms. The average molecular weight is 185 g/mol. The molecule has 0 fully saturated rings. The van der Waals surface area contributed by atoms with Crippen molar-refractivity contribution in [1.82, 2.24) is 9.13 Å². The largest absolute Gasteiger partial charge is 0.383 e. The lowest BCUT2D eigenvalue weighted by molar-refractivity contribution is 0.695. The molecule has 2 N–H and O–H groups in total. The van der Waals surface area contributed by atoms with Gasteiger partial charge in [-0.15, -0.1) is 4.91 Å². The highest BCUT2D eigenvalue weighted by Gasteiger charge is 2.12. The lowest BCUT2D eigenvalue weighted by Gasteiger charge is -2.05. The second kappa shape index (κ2) is 2.85. The van der Waals surface area contributed by atoms with Crippen molar-refractivity contribution in [3.05, 3.63) is 25.7 Å². The molecule has 1 aromatic heterocycles. The zero-order valence-electron chi connectivity index (χ0n) is 7.14. The average Bonchev–Trinajstić information content (AvgIpc) is 2.13. The van der Waals surface area contributed by atoms with Crippen LogP contribution in [0.3, 0.4) is 0 Å². The molecule has 0 radical (unpaired) electrons. The van der Waals surface area contributed by atoms with Crippen molar-refractivity contribution in [3.63, 3.8) is 0 Å². The Balaban J connectivity index is 3.88. The SMILES string of the molecule is Cn1c(N)c([15N]=O)c(=O)n(C)c1=O. The molecule has 0 aliphatic heterocycles. The van der Waals surface area contributed by atoms with Gasteiger partial charge in [-0.25, -0.2) is 4.79 Å². The van der Waals surface area contributed by atoms with Crippen molar-refractivity contribution in [2.45, 2.75) is 0 Å². The van der Waals surface area contributed by atoms with Crippen molar-refractivity contribution >= 4 is 11.5 Å². The van der Waals surface area contributed by atoms with Gasteiger partial charge in [0.2, 0.25) is 5.69 Å². The number of nitroso groups, excluding NO2 is 1. The Hall–Kier alpha value is -1.92. The summed E-state index contributed by atoms with van der Waals surface area (Å²) in [6.45, 7) is 0. The third-order valence-corrected chi connectivity index (χ3v) is 1.78. The van der Waals surface area contributed by atoms with Gasteiger partial charge < -0.3 is 5.73 Å². The van der Waals surface area contributed by atoms with Crippen LogP contribution in [0.25, 0.3) is 0 Å². The van der Waals surface area contributed by atoms with Crippen LogP contribution in [-0.2, 0) is 14.1 Å². The van der Waals surface area contributed by atoms with E-state index in [4.69, 9.17) is 5.73 Å². The fraction of sp³-hybridized carbons (Fsp3) is 0.333. The van der Waals surface area contributed by atoms with Crippen molar-refractivity contribution < 1.29 is 0 Å². The fourth-order valence-corrected chi connectivity index (χ4v) is 0.928. The number of anilines is 1. The lowest BCUT2D eigenvalue weighted by Crippen LogP contribution is -2.37. The van der Waals surface area contributed by atoms with Crippen LogP contribution in [0.4, 0.5) is 11.5 Å². The van der Waals surface area contributed by atoms with Gasteiger partial charge in [-0.1, -0.05) is 0 Å². The Labute approximate surface area is 72.4 Å². The zero-order valence-corrected chi connectivity index (χ0v) is 7.14. The molecule has 0 saturated carbocycles. The van der Waals surface area contributed by atoms with Gasteiger partial charge in [-0.2, -0.15) is 0 Å². The molecule has 0 bridgehead atoms. The molecule has 7 nitrogen and oxygen atoms in total. The van der Waals surface area contributed by atoms with Crippen LogP contribution in [-0.4, -0.2) is 9.13 Å². The molecule has 1 rings (SSSR count). The summed E-state index contributed by atoms with van der Waals surface area (Å²) < 4.78 is 1.76. The van der Waals surface area contributed by atoms with Crippen LogP contribution in [0.5, 0.6) is 0 Å². The minimum absolute atomic E-state index is 0.219. The smallest absolute Gasteiger partial charge is 0.332 e. The minimum Gasteiger partial charge on any atom is -0.383 e. The van der Waals surface area contributed by atoms with Gasteiger partial charge in [0, 0.05) is 14.1 Å². The van der Waals surface area contributed by atoms with E-state index < -0.39 is 16.9 Å². The number of aromatic nitrogens is 2. The van der Waals surface area contributed by atoms with Crippen LogP contribution in [0, 0.1) is 4.91 Å². The highest BCUT2D eigenvalue weighted by Crippen LogP contribution is 2.11. The molecule has 0 amide bonds. The summed E-state index contributed by atoms with van der Waals surface area (Å²) in [4.78, 5) is 32.6. The minimum atomic E-state index is -0.782. The Morgan fingerprint density at radius 3 is 2.23 bits per heavy atom. The lowest BCUT2D eigenvalue weighted by atomic mass is 10.5. The van der Waals surface area contributed by atoms with Gasteiger partial charge in [0.25, 0.3) is 5.56 Å². The maximum absolute atomic E-state index is 11.2. The predicted octanol–water partition coefficient (Wildman–Crippen LogP) is -0.936. The second-order valence-corrected chi connectivity index (χ2v) is 2.53. The van der Waals surface area contributed by atoms with Crippen molar-refractivity contribution in [2.24, 2.45) is 19.3 Å². The standard InChI is InChI=1S/C6H8N4O3/c1-9-4(7)3(8-13)5(11)10(2)6(9)12/h7H2,1-2H3/i8+1. The third kappa shape index (κ3) is 1.13. The van der Waals surface area contributed by atoms with E-state index in [2.05, 4.69) is 5.18 Å². The summed E-state index contributed by atoms with van der Waals surface area (Å²) in [6.07, 6.45) is 0. The van der Waals surface area contributed by atoms with Crippen molar-refractivity contribution in [3.8, 4) is 0 Å². The highest BCUT2D eigenvalue weighted by molar-refractivity contribution is 5.55. The van der Waals surface area contributed by atoms with Gasteiger partial charge in [0.15, 0.2) is 0 Å². The summed E-state index contributed by atoms with van der Waals surface area (Å²) in [5.74, 6) is -0.219. The summed E-state index contributed by atoms with van der Waals surface area (Å²) in [6, 6.07) is 0. The summed E-state index contributed by atoms with van der Waals surface area (Å²) in [5.41, 5.74) is 3.51. The monoisotopic (exact) mass is 185 g/mol. The molecule has 0 spiro atoms. The first-order valence-corrected chi connectivity index (χ1v) is 3.39. The molecule has 0 aliphatic carbocycles. The van der Waals surface area contributed by atoms with E-state index in [0.29, 0.717) is 0 Å². The van der Waals surface area contributed by atoms with Gasteiger partial charge >= 0.3 is 5.69 Å². The molecular formula is C6H8N4O3. The molecule has 1 heterocycles. The molecule has 13 heavy (non-hydrogen) atoms. The highest BCUT2D eigenvalue weighted by atomic mass is 16.4. The summed E-state index contributed by atoms with van der Waals surface area (Å²) in [7, 11) is 2.60. The number of hydrogen-bond donors (Lipinski definition) is 1. The zero-order chi connectivity index (χ0) is 10.2. The second-order valence-electron chi connectivity index (χ2n) is 2.53. The van der Waals surface area contributed by atoms with E-state index >= 15 is 0 Å². The molecular weight excluding hydrogens is 177 g/mol. The van der Waals surface area contributed by atoms with Crippen LogP contribution in [0.1, 0.15) is 0 Å². The van der Waals surface area contributed by atoms with Crippen molar-refractivity contribution in [2.75, 3.05) is 5.73 Å². The van der Waals surface area contributed by atoms with E-state index in [0.717, 1.165) is 9.13 Å². The maximum Gasteiger partial charge on any atom is 0.332 e. The number of rotatable bonds is 1. The van der Waals surface area contributed by atoms with E-state index in [-0.39, 0.29) is 5.82 Å². The normalized spacial score (nSPS) is 10.0. The topological polar surface area (TPSA) is 99.4 Å².